The highest BCUT2D eigenvalue weighted by Crippen LogP contribution is 2.29. The molecule has 0 atom stereocenters. The fourth-order valence-corrected chi connectivity index (χ4v) is 2.55. The van der Waals surface area contributed by atoms with Crippen molar-refractivity contribution in [2.24, 2.45) is 0 Å². The molecule has 4 rings (SSSR count). The molecule has 0 saturated carbocycles. The third-order valence-corrected chi connectivity index (χ3v) is 3.66. The number of rotatable bonds is 0. The first kappa shape index (κ1) is 11.3. The van der Waals surface area contributed by atoms with Crippen LogP contribution in [-0.2, 0) is 0 Å². The van der Waals surface area contributed by atoms with Gasteiger partial charge in [0.05, 0.1) is 22.1 Å². The molecule has 0 bridgehead atoms. The van der Waals surface area contributed by atoms with E-state index in [1.54, 1.807) is 12.4 Å². The second kappa shape index (κ2) is 3.97. The van der Waals surface area contributed by atoms with Crippen molar-refractivity contribution in [3.8, 4) is 0 Å². The van der Waals surface area contributed by atoms with Gasteiger partial charge in [0.15, 0.2) is 7.85 Å². The van der Waals surface area contributed by atoms with E-state index in [0.29, 0.717) is 0 Å². The highest BCUT2D eigenvalue weighted by atomic mass is 14.8. The predicted octanol–water partition coefficient (Wildman–Crippen LogP) is 1.29. The number of pyridine rings is 2. The molecule has 94 valence electrons. The summed E-state index contributed by atoms with van der Waals surface area (Å²) in [6, 6.07) is 7.91. The Hall–Kier alpha value is -2.56. The average Bonchev–Trinajstić information content (AvgIpc) is 2.49. The molecular weight excluding hydrogens is 247 g/mol. The molecule has 0 fully saturated rings. The van der Waals surface area contributed by atoms with Crippen molar-refractivity contribution in [1.29, 1.82) is 0 Å². The third kappa shape index (κ3) is 1.43. The second-order valence-corrected chi connectivity index (χ2v) is 4.89. The van der Waals surface area contributed by atoms with Crippen LogP contribution in [0.3, 0.4) is 0 Å². The molecule has 1 aromatic carbocycles. The highest BCUT2D eigenvalue weighted by molar-refractivity contribution is 6.32. The summed E-state index contributed by atoms with van der Waals surface area (Å²) in [5.74, 6) is 0. The van der Waals surface area contributed by atoms with Crippen LogP contribution in [-0.4, -0.2) is 27.8 Å². The summed E-state index contributed by atoms with van der Waals surface area (Å²) in [6.45, 7) is 1.98. The Kier molecular flexibility index (Phi) is 2.24. The van der Waals surface area contributed by atoms with Crippen LogP contribution in [0.5, 0.6) is 0 Å². The van der Waals surface area contributed by atoms with Gasteiger partial charge in [0, 0.05) is 34.5 Å². The lowest BCUT2D eigenvalue weighted by Crippen LogP contribution is -2.14. The topological polar surface area (TPSA) is 51.6 Å². The van der Waals surface area contributed by atoms with Crippen LogP contribution < -0.4 is 5.59 Å². The van der Waals surface area contributed by atoms with Gasteiger partial charge < -0.3 is 0 Å². The second-order valence-electron chi connectivity index (χ2n) is 4.89. The van der Waals surface area contributed by atoms with E-state index >= 15 is 0 Å². The number of fused-ring (bicyclic) bond motifs is 6. The molecule has 0 unspecified atom stereocenters. The molecule has 0 spiro atoms. The maximum absolute atomic E-state index is 4.72. The molecule has 0 amide bonds. The lowest BCUT2D eigenvalue weighted by atomic mass is 10.00. The van der Waals surface area contributed by atoms with Crippen molar-refractivity contribution in [3.05, 3.63) is 42.4 Å². The molecule has 20 heavy (non-hydrogen) atoms. The van der Waals surface area contributed by atoms with Gasteiger partial charge in [0.25, 0.3) is 0 Å². The molecule has 4 nitrogen and oxygen atoms in total. The zero-order valence-corrected chi connectivity index (χ0v) is 11.3. The van der Waals surface area contributed by atoms with Crippen LogP contribution in [0.4, 0.5) is 0 Å². The Morgan fingerprint density at radius 1 is 0.800 bits per heavy atom. The summed E-state index contributed by atoms with van der Waals surface area (Å²) in [6.07, 6.45) is 3.58. The summed E-state index contributed by atoms with van der Waals surface area (Å²) in [5.41, 5.74) is 5.46. The minimum absolute atomic E-state index is 0.883. The van der Waals surface area contributed by atoms with Gasteiger partial charge in [-0.25, -0.2) is 4.98 Å². The van der Waals surface area contributed by atoms with Crippen molar-refractivity contribution >= 4 is 46.3 Å². The van der Waals surface area contributed by atoms with E-state index in [-0.39, 0.29) is 0 Å². The normalized spacial score (nSPS) is 11.4. The number of hydrogen-bond acceptors (Lipinski definition) is 4. The lowest BCUT2D eigenvalue weighted by Gasteiger charge is -2.09. The van der Waals surface area contributed by atoms with Crippen LogP contribution in [0.1, 0.15) is 5.69 Å². The van der Waals surface area contributed by atoms with Gasteiger partial charge in [-0.1, -0.05) is 0 Å². The SMILES string of the molecule is Bc1nc2c3cccnc3c3ncccc3c2nc1C. The third-order valence-electron chi connectivity index (χ3n) is 3.66. The quantitative estimate of drug-likeness (QED) is 0.352. The van der Waals surface area contributed by atoms with E-state index in [1.807, 2.05) is 39.0 Å². The van der Waals surface area contributed by atoms with Crippen molar-refractivity contribution in [2.45, 2.75) is 6.92 Å². The largest absolute Gasteiger partial charge is 0.259 e. The Balaban J connectivity index is 2.42. The molecule has 0 aliphatic heterocycles. The minimum Gasteiger partial charge on any atom is -0.259 e. The first-order valence-electron chi connectivity index (χ1n) is 6.52. The molecular formula is C15H11BN4. The first-order chi connectivity index (χ1) is 9.75. The van der Waals surface area contributed by atoms with Crippen LogP contribution in [0.25, 0.3) is 32.8 Å². The molecule has 0 N–H and O–H groups in total. The van der Waals surface area contributed by atoms with Gasteiger partial charge in [-0.3, -0.25) is 15.0 Å². The zero-order chi connectivity index (χ0) is 13.7. The predicted molar refractivity (Wildman–Crippen MR) is 83.1 cm³/mol. The molecule has 0 saturated heterocycles. The Morgan fingerprint density at radius 3 is 1.95 bits per heavy atom. The van der Waals surface area contributed by atoms with E-state index in [1.165, 1.54) is 0 Å². The van der Waals surface area contributed by atoms with E-state index in [0.717, 1.165) is 44.1 Å². The number of hydrogen-bond donors (Lipinski definition) is 0. The molecule has 5 heteroatoms. The Morgan fingerprint density at radius 2 is 1.35 bits per heavy atom. The van der Waals surface area contributed by atoms with Gasteiger partial charge in [-0.15, -0.1) is 0 Å². The fourth-order valence-electron chi connectivity index (χ4n) is 2.55. The zero-order valence-electron chi connectivity index (χ0n) is 11.3. The smallest absolute Gasteiger partial charge is 0.166 e. The molecule has 0 radical (unpaired) electrons. The molecule has 0 aliphatic rings. The van der Waals surface area contributed by atoms with E-state index < -0.39 is 0 Å². The lowest BCUT2D eigenvalue weighted by molar-refractivity contribution is 1.23. The fraction of sp³-hybridized carbons (Fsp3) is 0.0667. The average molecular weight is 258 g/mol. The van der Waals surface area contributed by atoms with Crippen LogP contribution >= 0.6 is 0 Å². The van der Waals surface area contributed by atoms with Crippen molar-refractivity contribution < 1.29 is 0 Å². The highest BCUT2D eigenvalue weighted by Gasteiger charge is 2.13. The van der Waals surface area contributed by atoms with Crippen LogP contribution in [0.2, 0.25) is 0 Å². The summed E-state index contributed by atoms with van der Waals surface area (Å²) in [7, 11) is 1.98. The van der Waals surface area contributed by atoms with Crippen molar-refractivity contribution in [2.75, 3.05) is 0 Å². The summed E-state index contributed by atoms with van der Waals surface area (Å²) in [4.78, 5) is 18.4. The summed E-state index contributed by atoms with van der Waals surface area (Å²) >= 11 is 0. The molecule has 3 heterocycles. The number of benzene rings is 1. The van der Waals surface area contributed by atoms with Crippen molar-refractivity contribution in [1.82, 2.24) is 19.9 Å². The number of aromatic nitrogens is 4. The van der Waals surface area contributed by atoms with Gasteiger partial charge in [-0.2, -0.15) is 0 Å². The standard InChI is InChI=1S/C15H11BN4/c1-8-15(16)20-14-10-5-3-7-18-12(10)11-9(13(14)19-8)4-2-6-17-11/h2-7H,16H2,1H3. The van der Waals surface area contributed by atoms with Crippen molar-refractivity contribution in [3.63, 3.8) is 0 Å². The van der Waals surface area contributed by atoms with Gasteiger partial charge in [0.2, 0.25) is 0 Å². The van der Waals surface area contributed by atoms with E-state index in [9.17, 15) is 0 Å². The summed E-state index contributed by atoms with van der Waals surface area (Å²) < 4.78 is 0. The Labute approximate surface area is 116 Å². The minimum atomic E-state index is 0.883. The molecule has 3 aromatic heterocycles. The monoisotopic (exact) mass is 258 g/mol. The first-order valence-corrected chi connectivity index (χ1v) is 6.52. The maximum Gasteiger partial charge on any atom is 0.166 e. The van der Waals surface area contributed by atoms with Crippen LogP contribution in [0, 0.1) is 6.92 Å². The summed E-state index contributed by atoms with van der Waals surface area (Å²) in [5, 5.41) is 2.01. The Bertz CT molecular complexity index is 901. The van der Waals surface area contributed by atoms with Gasteiger partial charge in [0.1, 0.15) is 0 Å². The van der Waals surface area contributed by atoms with E-state index in [4.69, 9.17) is 9.97 Å². The number of nitrogens with zero attached hydrogens (tertiary/aromatic N) is 4. The van der Waals surface area contributed by atoms with Crippen LogP contribution in [0.15, 0.2) is 36.7 Å². The van der Waals surface area contributed by atoms with E-state index in [2.05, 4.69) is 9.97 Å². The number of aryl methyl sites for hydroxylation is 1. The molecule has 0 aliphatic carbocycles. The molecule has 4 aromatic rings. The van der Waals surface area contributed by atoms with Gasteiger partial charge in [-0.05, 0) is 31.2 Å². The maximum atomic E-state index is 4.72. The van der Waals surface area contributed by atoms with Gasteiger partial charge >= 0.3 is 0 Å².